The zero-order chi connectivity index (χ0) is 23.1. The molecule has 1 fully saturated rings. The molecule has 0 amide bonds. The van der Waals surface area contributed by atoms with Crippen molar-refractivity contribution in [1.82, 2.24) is 24.4 Å². The third kappa shape index (κ3) is 3.97. The fraction of sp³-hybridized carbons (Fsp3) is 0.500. The van der Waals surface area contributed by atoms with Crippen LogP contribution in [0.2, 0.25) is 0 Å². The molecule has 7 nitrogen and oxygen atoms in total. The molecule has 0 bridgehead atoms. The van der Waals surface area contributed by atoms with E-state index in [0.29, 0.717) is 0 Å². The van der Waals surface area contributed by atoms with E-state index in [9.17, 15) is 0 Å². The lowest BCUT2D eigenvalue weighted by Gasteiger charge is -2.26. The molecule has 4 heterocycles. The van der Waals surface area contributed by atoms with Crippen LogP contribution in [0.5, 0.6) is 0 Å². The van der Waals surface area contributed by atoms with E-state index in [2.05, 4.69) is 52.6 Å². The lowest BCUT2D eigenvalue weighted by atomic mass is 9.97. The molecule has 178 valence electrons. The molecule has 8 heteroatoms. The number of hydrogen-bond donors (Lipinski definition) is 0. The van der Waals surface area contributed by atoms with Gasteiger partial charge >= 0.3 is 0 Å². The van der Waals surface area contributed by atoms with Gasteiger partial charge < -0.3 is 14.2 Å². The number of rotatable bonds is 6. The number of anilines is 1. The molecule has 1 aliphatic carbocycles. The van der Waals surface area contributed by atoms with E-state index < -0.39 is 0 Å². The van der Waals surface area contributed by atoms with Crippen molar-refractivity contribution >= 4 is 38.4 Å². The van der Waals surface area contributed by atoms with Crippen LogP contribution < -0.4 is 4.90 Å². The SMILES string of the molecule is CCn1c(CN(C)c2nc(CN3CCOCC3)nc3sc4c(c23)CCCC4)nc2ccccc21. The van der Waals surface area contributed by atoms with Crippen molar-refractivity contribution in [1.29, 1.82) is 0 Å². The quantitative estimate of drug-likeness (QED) is 0.411. The van der Waals surface area contributed by atoms with Crippen LogP contribution in [0, 0.1) is 0 Å². The standard InChI is InChI=1S/C26H32N6OS/c1-3-32-20-10-6-5-9-19(20)27-23(32)17-30(2)25-24-18-8-4-7-11-21(18)34-26(24)29-22(28-25)16-31-12-14-33-15-13-31/h5-6,9-10H,3-4,7-8,11-17H2,1-2H3. The fourth-order valence-electron chi connectivity index (χ4n) is 5.37. The Morgan fingerprint density at radius 1 is 1.06 bits per heavy atom. The summed E-state index contributed by atoms with van der Waals surface area (Å²) < 4.78 is 7.86. The van der Waals surface area contributed by atoms with Gasteiger partial charge in [-0.05, 0) is 50.3 Å². The Morgan fingerprint density at radius 2 is 1.88 bits per heavy atom. The van der Waals surface area contributed by atoms with Gasteiger partial charge in [-0.3, -0.25) is 4.90 Å². The molecule has 0 saturated carbocycles. The maximum absolute atomic E-state index is 5.54. The van der Waals surface area contributed by atoms with E-state index in [0.717, 1.165) is 80.2 Å². The van der Waals surface area contributed by atoms with E-state index in [4.69, 9.17) is 19.7 Å². The molecular weight excluding hydrogens is 444 g/mol. The first kappa shape index (κ1) is 21.9. The summed E-state index contributed by atoms with van der Waals surface area (Å²) in [6.07, 6.45) is 4.84. The molecule has 0 radical (unpaired) electrons. The smallest absolute Gasteiger partial charge is 0.146 e. The molecule has 1 aliphatic heterocycles. The summed E-state index contributed by atoms with van der Waals surface area (Å²) in [6.45, 7) is 8.04. The summed E-state index contributed by atoms with van der Waals surface area (Å²) in [4.78, 5) is 22.6. The average Bonchev–Trinajstić information content (AvgIpc) is 3.41. The Bertz CT molecular complexity index is 1320. The van der Waals surface area contributed by atoms with Gasteiger partial charge in [-0.15, -0.1) is 11.3 Å². The number of thiophene rings is 1. The van der Waals surface area contributed by atoms with Crippen molar-refractivity contribution in [2.75, 3.05) is 38.3 Å². The van der Waals surface area contributed by atoms with E-state index in [1.807, 2.05) is 11.3 Å². The molecule has 0 N–H and O–H groups in total. The van der Waals surface area contributed by atoms with Gasteiger partial charge in [0, 0.05) is 31.6 Å². The highest BCUT2D eigenvalue weighted by Gasteiger charge is 2.24. The van der Waals surface area contributed by atoms with Crippen molar-refractivity contribution < 1.29 is 4.74 Å². The summed E-state index contributed by atoms with van der Waals surface area (Å²) in [5, 5.41) is 1.27. The van der Waals surface area contributed by atoms with Gasteiger partial charge in [0.05, 0.1) is 42.7 Å². The summed E-state index contributed by atoms with van der Waals surface area (Å²) in [6, 6.07) is 8.41. The van der Waals surface area contributed by atoms with Crippen LogP contribution in [0.3, 0.4) is 0 Å². The number of morpholine rings is 1. The molecule has 0 unspecified atom stereocenters. The highest BCUT2D eigenvalue weighted by Crippen LogP contribution is 2.40. The van der Waals surface area contributed by atoms with Gasteiger partial charge in [-0.2, -0.15) is 0 Å². The number of para-hydroxylation sites is 2. The fourth-order valence-corrected chi connectivity index (χ4v) is 6.65. The van der Waals surface area contributed by atoms with Gasteiger partial charge in [0.2, 0.25) is 0 Å². The average molecular weight is 477 g/mol. The summed E-state index contributed by atoms with van der Waals surface area (Å²) >= 11 is 1.88. The van der Waals surface area contributed by atoms with Crippen LogP contribution >= 0.6 is 11.3 Å². The Morgan fingerprint density at radius 3 is 2.74 bits per heavy atom. The van der Waals surface area contributed by atoms with Crippen LogP contribution in [0.1, 0.15) is 41.9 Å². The van der Waals surface area contributed by atoms with Gasteiger partial charge in [0.15, 0.2) is 0 Å². The summed E-state index contributed by atoms with van der Waals surface area (Å²) in [5.74, 6) is 3.05. The Kier molecular flexibility index (Phi) is 5.97. The number of benzene rings is 1. The second-order valence-corrected chi connectivity index (χ2v) is 10.4. The maximum atomic E-state index is 5.54. The van der Waals surface area contributed by atoms with Crippen molar-refractivity contribution in [3.05, 3.63) is 46.4 Å². The molecule has 2 aliphatic rings. The minimum Gasteiger partial charge on any atom is -0.379 e. The Hall–Kier alpha value is -2.55. The van der Waals surface area contributed by atoms with Crippen molar-refractivity contribution in [2.45, 2.75) is 52.2 Å². The van der Waals surface area contributed by atoms with Crippen LogP contribution in [0.25, 0.3) is 21.3 Å². The maximum Gasteiger partial charge on any atom is 0.146 e. The van der Waals surface area contributed by atoms with Crippen molar-refractivity contribution in [3.8, 4) is 0 Å². The number of ether oxygens (including phenoxy) is 1. The lowest BCUT2D eigenvalue weighted by Crippen LogP contribution is -2.36. The molecule has 0 atom stereocenters. The number of aromatic nitrogens is 4. The first-order chi connectivity index (χ1) is 16.7. The van der Waals surface area contributed by atoms with E-state index in [-0.39, 0.29) is 0 Å². The Balaban J connectivity index is 1.41. The first-order valence-corrected chi connectivity index (χ1v) is 13.3. The van der Waals surface area contributed by atoms with Crippen LogP contribution in [0.4, 0.5) is 5.82 Å². The largest absolute Gasteiger partial charge is 0.379 e. The minimum atomic E-state index is 0.718. The normalized spacial score (nSPS) is 16.9. The van der Waals surface area contributed by atoms with Crippen LogP contribution in [-0.2, 0) is 37.2 Å². The molecule has 3 aromatic heterocycles. The molecule has 1 saturated heterocycles. The number of aryl methyl sites for hydroxylation is 3. The first-order valence-electron chi connectivity index (χ1n) is 12.5. The molecule has 6 rings (SSSR count). The van der Waals surface area contributed by atoms with Crippen molar-refractivity contribution in [3.63, 3.8) is 0 Å². The summed E-state index contributed by atoms with van der Waals surface area (Å²) in [5.41, 5.74) is 3.73. The molecule has 1 aromatic carbocycles. The third-order valence-corrected chi connectivity index (χ3v) is 8.29. The van der Waals surface area contributed by atoms with Gasteiger partial charge in [-0.1, -0.05) is 12.1 Å². The minimum absolute atomic E-state index is 0.718. The third-order valence-electron chi connectivity index (χ3n) is 7.10. The number of nitrogens with zero attached hydrogens (tertiary/aromatic N) is 6. The predicted octanol–water partition coefficient (Wildman–Crippen LogP) is 4.41. The number of imidazole rings is 1. The second kappa shape index (κ2) is 9.24. The Labute approximate surface area is 204 Å². The topological polar surface area (TPSA) is 59.3 Å². The highest BCUT2D eigenvalue weighted by atomic mass is 32.1. The van der Waals surface area contributed by atoms with E-state index in [1.54, 1.807) is 0 Å². The highest BCUT2D eigenvalue weighted by molar-refractivity contribution is 7.19. The van der Waals surface area contributed by atoms with Crippen LogP contribution in [-0.4, -0.2) is 57.8 Å². The molecule has 34 heavy (non-hydrogen) atoms. The van der Waals surface area contributed by atoms with E-state index >= 15 is 0 Å². The zero-order valence-electron chi connectivity index (χ0n) is 20.1. The monoisotopic (exact) mass is 476 g/mol. The van der Waals surface area contributed by atoms with Crippen LogP contribution in [0.15, 0.2) is 24.3 Å². The zero-order valence-corrected chi connectivity index (χ0v) is 20.9. The molecular formula is C26H32N6OS. The summed E-state index contributed by atoms with van der Waals surface area (Å²) in [7, 11) is 2.16. The molecule has 0 spiro atoms. The second-order valence-electron chi connectivity index (χ2n) is 9.36. The van der Waals surface area contributed by atoms with E-state index in [1.165, 1.54) is 40.6 Å². The van der Waals surface area contributed by atoms with Gasteiger partial charge in [0.25, 0.3) is 0 Å². The number of fused-ring (bicyclic) bond motifs is 4. The van der Waals surface area contributed by atoms with Gasteiger partial charge in [-0.25, -0.2) is 15.0 Å². The van der Waals surface area contributed by atoms with Crippen molar-refractivity contribution in [2.24, 2.45) is 0 Å². The lowest BCUT2D eigenvalue weighted by molar-refractivity contribution is 0.0331. The number of hydrogen-bond acceptors (Lipinski definition) is 7. The van der Waals surface area contributed by atoms with Gasteiger partial charge in [0.1, 0.15) is 22.3 Å². The molecule has 4 aromatic rings. The predicted molar refractivity (Wildman–Crippen MR) is 138 cm³/mol.